The van der Waals surface area contributed by atoms with Gasteiger partial charge in [-0.3, -0.25) is 4.79 Å². The minimum Gasteiger partial charge on any atom is -0.387 e. The summed E-state index contributed by atoms with van der Waals surface area (Å²) in [6.07, 6.45) is 0.838. The molecule has 0 bridgehead atoms. The lowest BCUT2D eigenvalue weighted by molar-refractivity contribution is -0.123. The summed E-state index contributed by atoms with van der Waals surface area (Å²) in [6.45, 7) is 3.43. The van der Waals surface area contributed by atoms with Gasteiger partial charge in [0.15, 0.2) is 5.12 Å². The van der Waals surface area contributed by atoms with Crippen molar-refractivity contribution in [3.05, 3.63) is 35.4 Å². The van der Waals surface area contributed by atoms with Crippen LogP contribution in [0.25, 0.3) is 0 Å². The Bertz CT molecular complexity index is 445. The maximum atomic E-state index is 11.7. The molecule has 1 aromatic carbocycles. The van der Waals surface area contributed by atoms with Crippen LogP contribution >= 0.6 is 11.8 Å². The molecule has 0 radical (unpaired) electrons. The highest BCUT2D eigenvalue weighted by Gasteiger charge is 2.35. The van der Waals surface area contributed by atoms with E-state index in [4.69, 9.17) is 5.26 Å². The molecule has 4 heteroatoms. The minimum absolute atomic E-state index is 0.0608. The highest BCUT2D eigenvalue weighted by Crippen LogP contribution is 2.36. The zero-order valence-electron chi connectivity index (χ0n) is 10.1. The molecule has 1 unspecified atom stereocenters. The fraction of sp³-hybridized carbons (Fsp3) is 0.385. The standard InChI is InChI=1S/C13H15NO2S/c1-13(2,12(16)17-3)11(15)10-6-4-9(8-14)5-7-10/h4-7,11,15H,1-3H3. The molecule has 1 atom stereocenters. The highest BCUT2D eigenvalue weighted by atomic mass is 32.2. The first-order chi connectivity index (χ1) is 7.93. The van der Waals surface area contributed by atoms with Gasteiger partial charge in [0.1, 0.15) is 0 Å². The van der Waals surface area contributed by atoms with Crippen LogP contribution in [0.1, 0.15) is 31.1 Å². The Balaban J connectivity index is 3.00. The largest absolute Gasteiger partial charge is 0.387 e. The number of aliphatic hydroxyl groups excluding tert-OH is 1. The molecule has 0 saturated heterocycles. The van der Waals surface area contributed by atoms with E-state index in [1.807, 2.05) is 6.07 Å². The number of thioether (sulfide) groups is 1. The van der Waals surface area contributed by atoms with E-state index in [0.29, 0.717) is 11.1 Å². The molecular weight excluding hydrogens is 234 g/mol. The summed E-state index contributed by atoms with van der Waals surface area (Å²) < 4.78 is 0. The predicted molar refractivity (Wildman–Crippen MR) is 68.4 cm³/mol. The number of hydrogen-bond acceptors (Lipinski definition) is 4. The molecule has 90 valence electrons. The number of carbonyl (C=O) groups is 1. The van der Waals surface area contributed by atoms with Crippen molar-refractivity contribution in [3.63, 3.8) is 0 Å². The Hall–Kier alpha value is -1.31. The van der Waals surface area contributed by atoms with Gasteiger partial charge in [-0.1, -0.05) is 23.9 Å². The normalized spacial score (nSPS) is 12.9. The Kier molecular flexibility index (Phi) is 4.33. The summed E-state index contributed by atoms with van der Waals surface area (Å²) in [7, 11) is 0. The van der Waals surface area contributed by atoms with Crippen LogP contribution in [0.5, 0.6) is 0 Å². The van der Waals surface area contributed by atoms with Crippen molar-refractivity contribution in [3.8, 4) is 6.07 Å². The average molecular weight is 249 g/mol. The Morgan fingerprint density at radius 3 is 2.35 bits per heavy atom. The molecule has 3 nitrogen and oxygen atoms in total. The van der Waals surface area contributed by atoms with Crippen molar-refractivity contribution < 1.29 is 9.90 Å². The first-order valence-electron chi connectivity index (χ1n) is 5.20. The number of aliphatic hydroxyl groups is 1. The molecule has 17 heavy (non-hydrogen) atoms. The van der Waals surface area contributed by atoms with Crippen LogP contribution in [-0.2, 0) is 4.79 Å². The van der Waals surface area contributed by atoms with Crippen LogP contribution in [0.15, 0.2) is 24.3 Å². The van der Waals surface area contributed by atoms with Crippen LogP contribution in [-0.4, -0.2) is 16.5 Å². The molecule has 0 spiro atoms. The second-order valence-corrected chi connectivity index (χ2v) is 5.13. The molecule has 1 rings (SSSR count). The Morgan fingerprint density at radius 1 is 1.41 bits per heavy atom. The third kappa shape index (κ3) is 2.87. The van der Waals surface area contributed by atoms with Gasteiger partial charge in [-0.25, -0.2) is 0 Å². The van der Waals surface area contributed by atoms with E-state index in [-0.39, 0.29) is 5.12 Å². The number of rotatable bonds is 3. The lowest BCUT2D eigenvalue weighted by Crippen LogP contribution is -2.29. The molecule has 0 aliphatic rings. The van der Waals surface area contributed by atoms with Crippen molar-refractivity contribution in [1.82, 2.24) is 0 Å². The third-order valence-electron chi connectivity index (χ3n) is 2.75. The Labute approximate surface area is 105 Å². The predicted octanol–water partition coefficient (Wildman–Crippen LogP) is 2.51. The van der Waals surface area contributed by atoms with Crippen LogP contribution in [0.3, 0.4) is 0 Å². The second-order valence-electron chi connectivity index (χ2n) is 4.35. The summed E-state index contributed by atoms with van der Waals surface area (Å²) in [5.41, 5.74) is 0.347. The van der Waals surface area contributed by atoms with E-state index < -0.39 is 11.5 Å². The number of hydrogen-bond donors (Lipinski definition) is 1. The zero-order chi connectivity index (χ0) is 13.1. The van der Waals surface area contributed by atoms with E-state index in [1.165, 1.54) is 0 Å². The van der Waals surface area contributed by atoms with Gasteiger partial charge >= 0.3 is 0 Å². The van der Waals surface area contributed by atoms with Gasteiger partial charge < -0.3 is 5.11 Å². The maximum Gasteiger partial charge on any atom is 0.197 e. The zero-order valence-corrected chi connectivity index (χ0v) is 10.9. The molecule has 0 aromatic heterocycles. The van der Waals surface area contributed by atoms with Crippen molar-refractivity contribution >= 4 is 16.9 Å². The average Bonchev–Trinajstić information content (AvgIpc) is 2.36. The molecule has 0 saturated carbocycles. The van der Waals surface area contributed by atoms with E-state index in [1.54, 1.807) is 44.4 Å². The van der Waals surface area contributed by atoms with E-state index in [9.17, 15) is 9.90 Å². The monoisotopic (exact) mass is 249 g/mol. The van der Waals surface area contributed by atoms with E-state index in [0.717, 1.165) is 11.8 Å². The SMILES string of the molecule is CSC(=O)C(C)(C)C(O)c1ccc(C#N)cc1. The number of carbonyl (C=O) groups excluding carboxylic acids is 1. The first-order valence-corrected chi connectivity index (χ1v) is 6.42. The van der Waals surface area contributed by atoms with Gasteiger partial charge in [-0.05, 0) is 37.8 Å². The number of benzene rings is 1. The summed E-state index contributed by atoms with van der Waals surface area (Å²) >= 11 is 1.11. The lowest BCUT2D eigenvalue weighted by atomic mass is 9.84. The summed E-state index contributed by atoms with van der Waals surface area (Å²) in [6, 6.07) is 8.65. The smallest absolute Gasteiger partial charge is 0.197 e. The number of nitriles is 1. The van der Waals surface area contributed by atoms with Gasteiger partial charge in [-0.15, -0.1) is 0 Å². The fourth-order valence-corrected chi connectivity index (χ4v) is 2.17. The molecule has 0 aliphatic carbocycles. The van der Waals surface area contributed by atoms with E-state index in [2.05, 4.69) is 0 Å². The first kappa shape index (κ1) is 13.8. The van der Waals surface area contributed by atoms with Crippen molar-refractivity contribution in [2.24, 2.45) is 5.41 Å². The number of nitrogens with zero attached hydrogens (tertiary/aromatic N) is 1. The van der Waals surface area contributed by atoms with Gasteiger partial charge in [-0.2, -0.15) is 5.26 Å². The molecule has 0 aliphatic heterocycles. The van der Waals surface area contributed by atoms with Gasteiger partial charge in [0.25, 0.3) is 0 Å². The molecule has 0 amide bonds. The maximum absolute atomic E-state index is 11.7. The van der Waals surface area contributed by atoms with Crippen LogP contribution in [0.2, 0.25) is 0 Å². The quantitative estimate of drug-likeness (QED) is 0.894. The third-order valence-corrected chi connectivity index (χ3v) is 3.65. The molecule has 1 N–H and O–H groups in total. The summed E-state index contributed by atoms with van der Waals surface area (Å²) in [5, 5.41) is 18.8. The lowest BCUT2D eigenvalue weighted by Gasteiger charge is -2.28. The van der Waals surface area contributed by atoms with Crippen LogP contribution < -0.4 is 0 Å². The second kappa shape index (κ2) is 5.35. The summed E-state index contributed by atoms with van der Waals surface area (Å²) in [4.78, 5) is 11.7. The van der Waals surface area contributed by atoms with Crippen molar-refractivity contribution in [2.45, 2.75) is 20.0 Å². The van der Waals surface area contributed by atoms with Crippen molar-refractivity contribution in [1.29, 1.82) is 5.26 Å². The van der Waals surface area contributed by atoms with Crippen LogP contribution in [0, 0.1) is 16.7 Å². The van der Waals surface area contributed by atoms with Gasteiger partial charge in [0.05, 0.1) is 23.2 Å². The van der Waals surface area contributed by atoms with E-state index >= 15 is 0 Å². The minimum atomic E-state index is -0.866. The van der Waals surface area contributed by atoms with Crippen LogP contribution in [0.4, 0.5) is 0 Å². The van der Waals surface area contributed by atoms with Gasteiger partial charge in [0, 0.05) is 0 Å². The summed E-state index contributed by atoms with van der Waals surface area (Å²) in [5.74, 6) is 0. The topological polar surface area (TPSA) is 61.1 Å². The fourth-order valence-electron chi connectivity index (χ4n) is 1.53. The highest BCUT2D eigenvalue weighted by molar-refractivity contribution is 8.13. The Morgan fingerprint density at radius 2 is 1.94 bits per heavy atom. The molecular formula is C13H15NO2S. The molecule has 0 heterocycles. The van der Waals surface area contributed by atoms with Crippen molar-refractivity contribution in [2.75, 3.05) is 6.26 Å². The molecule has 0 fully saturated rings. The van der Waals surface area contributed by atoms with Gasteiger partial charge in [0.2, 0.25) is 0 Å². The molecule has 1 aromatic rings.